The molecule has 3 aromatic rings. The van der Waals surface area contributed by atoms with Crippen molar-refractivity contribution in [1.29, 1.82) is 0 Å². The van der Waals surface area contributed by atoms with Crippen LogP contribution in [0.25, 0.3) is 11.3 Å². The topological polar surface area (TPSA) is 75.4 Å². The molecule has 162 valence electrons. The van der Waals surface area contributed by atoms with Gasteiger partial charge in [-0.1, -0.05) is 0 Å². The van der Waals surface area contributed by atoms with Crippen molar-refractivity contribution in [2.45, 2.75) is 40.2 Å². The number of Topliss-reactive ketones (excluding diaryl/α,β-unsaturated/α-hetero) is 1. The summed E-state index contributed by atoms with van der Waals surface area (Å²) in [5, 5.41) is 12.5. The Balaban J connectivity index is 1.39. The molecule has 3 heterocycles. The number of carbonyl (C=O) groups is 2. The number of phenolic OH excluding ortho intramolecular Hbond substituents is 1. The second-order valence-corrected chi connectivity index (χ2v) is 9.25. The predicted octanol–water partition coefficient (Wildman–Crippen LogP) is 4.36. The monoisotopic (exact) mass is 437 g/mol. The summed E-state index contributed by atoms with van der Waals surface area (Å²) in [5.74, 6) is 0.245. The van der Waals surface area contributed by atoms with Crippen LogP contribution in [0.5, 0.6) is 5.75 Å². The summed E-state index contributed by atoms with van der Waals surface area (Å²) in [4.78, 5) is 32.1. The molecule has 2 aromatic heterocycles. The lowest BCUT2D eigenvalue weighted by molar-refractivity contribution is -0.133. The lowest BCUT2D eigenvalue weighted by Gasteiger charge is -2.31. The van der Waals surface area contributed by atoms with Gasteiger partial charge in [-0.25, -0.2) is 4.98 Å². The minimum atomic E-state index is -0.0804. The maximum Gasteiger partial charge on any atom is 0.242 e. The predicted molar refractivity (Wildman–Crippen MR) is 121 cm³/mol. The molecule has 1 saturated heterocycles. The van der Waals surface area contributed by atoms with Crippen molar-refractivity contribution in [3.63, 3.8) is 0 Å². The van der Waals surface area contributed by atoms with Crippen LogP contribution in [0.1, 0.15) is 39.6 Å². The molecule has 1 aromatic carbocycles. The van der Waals surface area contributed by atoms with E-state index in [1.807, 2.05) is 25.7 Å². The molecule has 0 aliphatic carbocycles. The van der Waals surface area contributed by atoms with Gasteiger partial charge in [-0.2, -0.15) is 0 Å². The fourth-order valence-corrected chi connectivity index (χ4v) is 4.89. The van der Waals surface area contributed by atoms with Crippen molar-refractivity contribution in [1.82, 2.24) is 14.5 Å². The normalized spacial score (nSPS) is 14.7. The second kappa shape index (κ2) is 8.67. The first-order valence-corrected chi connectivity index (χ1v) is 11.4. The number of carbonyl (C=O) groups excluding carboxylic acids is 2. The molecular formula is C24H27N3O3S. The number of aromatic nitrogens is 2. The molecule has 1 aliphatic rings. The molecule has 6 nitrogen and oxygen atoms in total. The molecule has 1 amide bonds. The summed E-state index contributed by atoms with van der Waals surface area (Å²) in [6.07, 6.45) is 1.33. The summed E-state index contributed by atoms with van der Waals surface area (Å²) in [5.41, 5.74) is 4.75. The van der Waals surface area contributed by atoms with Gasteiger partial charge in [0, 0.05) is 46.9 Å². The SMILES string of the molecule is Cc1nc(-c2cc(C)n(CC(=O)N3CCC(C(=O)c4ccc(O)cc4)CC3)c2C)cs1. The van der Waals surface area contributed by atoms with E-state index < -0.39 is 0 Å². The third kappa shape index (κ3) is 4.42. The van der Waals surface area contributed by atoms with Crippen molar-refractivity contribution in [3.8, 4) is 17.0 Å². The zero-order valence-electron chi connectivity index (χ0n) is 18.1. The Kier molecular flexibility index (Phi) is 5.96. The lowest BCUT2D eigenvalue weighted by Crippen LogP contribution is -2.42. The maximum atomic E-state index is 13.0. The van der Waals surface area contributed by atoms with Gasteiger partial charge in [-0.05, 0) is 63.9 Å². The Labute approximate surface area is 186 Å². The first-order valence-electron chi connectivity index (χ1n) is 10.5. The number of likely N-dealkylation sites (tertiary alicyclic amines) is 1. The number of hydrogen-bond acceptors (Lipinski definition) is 5. The fourth-order valence-electron chi connectivity index (χ4n) is 4.28. The van der Waals surface area contributed by atoms with Crippen LogP contribution in [0.2, 0.25) is 0 Å². The van der Waals surface area contributed by atoms with E-state index in [9.17, 15) is 14.7 Å². The summed E-state index contributed by atoms with van der Waals surface area (Å²) < 4.78 is 2.06. The second-order valence-electron chi connectivity index (χ2n) is 8.19. The Bertz CT molecular complexity index is 1110. The molecule has 0 unspecified atom stereocenters. The zero-order chi connectivity index (χ0) is 22.1. The number of aromatic hydroxyl groups is 1. The number of aryl methyl sites for hydroxylation is 2. The summed E-state index contributed by atoms with van der Waals surface area (Å²) in [6, 6.07) is 8.49. The van der Waals surface area contributed by atoms with Crippen molar-refractivity contribution in [2.24, 2.45) is 5.92 Å². The number of benzene rings is 1. The van der Waals surface area contributed by atoms with E-state index in [0.29, 0.717) is 38.0 Å². The van der Waals surface area contributed by atoms with Crippen molar-refractivity contribution >= 4 is 23.0 Å². The largest absolute Gasteiger partial charge is 0.508 e. The summed E-state index contributed by atoms with van der Waals surface area (Å²) >= 11 is 1.63. The quantitative estimate of drug-likeness (QED) is 0.602. The number of thiazole rings is 1. The Morgan fingerprint density at radius 1 is 1.13 bits per heavy atom. The van der Waals surface area contributed by atoms with Crippen molar-refractivity contribution in [3.05, 3.63) is 57.7 Å². The molecule has 1 aliphatic heterocycles. The molecular weight excluding hydrogens is 410 g/mol. The number of rotatable bonds is 5. The van der Waals surface area contributed by atoms with Crippen LogP contribution < -0.4 is 0 Å². The number of hydrogen-bond donors (Lipinski definition) is 1. The van der Waals surface area contributed by atoms with E-state index in [2.05, 4.69) is 21.0 Å². The summed E-state index contributed by atoms with van der Waals surface area (Å²) in [6.45, 7) is 7.53. The van der Waals surface area contributed by atoms with Crippen LogP contribution in [0, 0.1) is 26.7 Å². The summed E-state index contributed by atoms with van der Waals surface area (Å²) in [7, 11) is 0. The van der Waals surface area contributed by atoms with Gasteiger partial charge in [0.2, 0.25) is 5.91 Å². The van der Waals surface area contributed by atoms with Gasteiger partial charge >= 0.3 is 0 Å². The third-order valence-corrected chi connectivity index (χ3v) is 6.91. The molecule has 0 bridgehead atoms. The Morgan fingerprint density at radius 2 is 1.81 bits per heavy atom. The minimum Gasteiger partial charge on any atom is -0.508 e. The standard InChI is InChI=1S/C24H27N3O3S/c1-15-12-21(22-14-31-17(3)25-22)16(2)27(15)13-23(29)26-10-8-19(9-11-26)24(30)18-4-6-20(28)7-5-18/h4-7,12,14,19,28H,8-11,13H2,1-3H3. The molecule has 7 heteroatoms. The fraction of sp³-hybridized carbons (Fsp3) is 0.375. The number of amides is 1. The molecule has 1 fully saturated rings. The van der Waals surface area contributed by atoms with Gasteiger partial charge in [-0.15, -0.1) is 11.3 Å². The highest BCUT2D eigenvalue weighted by Gasteiger charge is 2.28. The minimum absolute atomic E-state index is 0.0804. The van der Waals surface area contributed by atoms with Crippen LogP contribution in [0.3, 0.4) is 0 Å². The average Bonchev–Trinajstić information content (AvgIpc) is 3.32. The van der Waals surface area contributed by atoms with E-state index in [0.717, 1.165) is 27.7 Å². The highest BCUT2D eigenvalue weighted by Crippen LogP contribution is 2.28. The van der Waals surface area contributed by atoms with Crippen LogP contribution in [-0.4, -0.2) is 44.3 Å². The van der Waals surface area contributed by atoms with E-state index >= 15 is 0 Å². The van der Waals surface area contributed by atoms with Crippen LogP contribution >= 0.6 is 11.3 Å². The van der Waals surface area contributed by atoms with Crippen molar-refractivity contribution in [2.75, 3.05) is 13.1 Å². The maximum absolute atomic E-state index is 13.0. The molecule has 0 radical (unpaired) electrons. The van der Waals surface area contributed by atoms with Gasteiger partial charge < -0.3 is 14.6 Å². The smallest absolute Gasteiger partial charge is 0.242 e. The number of nitrogens with zero attached hydrogens (tertiary/aromatic N) is 3. The zero-order valence-corrected chi connectivity index (χ0v) is 18.9. The molecule has 0 atom stereocenters. The first kappa shape index (κ1) is 21.3. The number of piperidine rings is 1. The van der Waals surface area contributed by atoms with Crippen LogP contribution in [0.15, 0.2) is 35.7 Å². The molecule has 4 rings (SSSR count). The van der Waals surface area contributed by atoms with Gasteiger partial charge in [-0.3, -0.25) is 9.59 Å². The van der Waals surface area contributed by atoms with Gasteiger partial charge in [0.15, 0.2) is 5.78 Å². The third-order valence-electron chi connectivity index (χ3n) is 6.13. The van der Waals surface area contributed by atoms with E-state index in [4.69, 9.17) is 0 Å². The van der Waals surface area contributed by atoms with E-state index in [1.54, 1.807) is 23.5 Å². The molecule has 31 heavy (non-hydrogen) atoms. The average molecular weight is 438 g/mol. The Morgan fingerprint density at radius 3 is 2.42 bits per heavy atom. The van der Waals surface area contributed by atoms with Gasteiger partial charge in [0.05, 0.1) is 10.7 Å². The van der Waals surface area contributed by atoms with Gasteiger partial charge in [0.25, 0.3) is 0 Å². The molecule has 0 saturated carbocycles. The highest BCUT2D eigenvalue weighted by atomic mass is 32.1. The van der Waals surface area contributed by atoms with Gasteiger partial charge in [0.1, 0.15) is 12.3 Å². The van der Waals surface area contributed by atoms with E-state index in [1.165, 1.54) is 12.1 Å². The number of phenols is 1. The van der Waals surface area contributed by atoms with Crippen LogP contribution in [0.4, 0.5) is 0 Å². The van der Waals surface area contributed by atoms with E-state index in [-0.39, 0.29) is 23.4 Å². The highest BCUT2D eigenvalue weighted by molar-refractivity contribution is 7.09. The Hall–Kier alpha value is -2.93. The molecule has 0 spiro atoms. The molecule has 1 N–H and O–H groups in total. The number of ketones is 1. The first-order chi connectivity index (χ1) is 14.8. The van der Waals surface area contributed by atoms with Crippen molar-refractivity contribution < 1.29 is 14.7 Å². The lowest BCUT2D eigenvalue weighted by atomic mass is 9.89. The van der Waals surface area contributed by atoms with Crippen LogP contribution in [-0.2, 0) is 11.3 Å².